The Morgan fingerprint density at radius 3 is 1.90 bits per heavy atom. The molecule has 6 nitrogen and oxygen atoms in total. The van der Waals surface area contributed by atoms with Crippen LogP contribution < -0.4 is 10.6 Å². The predicted molar refractivity (Wildman–Crippen MR) is 104 cm³/mol. The number of imidazole rings is 1. The number of carbonyl (C=O) groups is 2. The fourth-order valence-corrected chi connectivity index (χ4v) is 2.81. The Morgan fingerprint density at radius 1 is 0.759 bits per heavy atom. The van der Waals surface area contributed by atoms with Gasteiger partial charge in [0.2, 0.25) is 5.82 Å². The maximum atomic E-state index is 13.1. The van der Waals surface area contributed by atoms with Gasteiger partial charge in [0.05, 0.1) is 5.52 Å². The summed E-state index contributed by atoms with van der Waals surface area (Å²) in [4.78, 5) is 29.6. The summed E-state index contributed by atoms with van der Waals surface area (Å²) in [6.45, 7) is 0. The van der Waals surface area contributed by atoms with E-state index in [4.69, 9.17) is 0 Å². The number of pyridine rings is 1. The molecule has 0 aliphatic carbocycles. The Balaban J connectivity index is 1.65. The fraction of sp³-hybridized carbons (Fsp3) is 0. The lowest BCUT2D eigenvalue weighted by atomic mass is 10.2. The standard InChI is InChI=1S/C21H14F2N4O2/c22-13-4-8-15(9-5-13)24-20(28)18-17-3-1-2-12-27(17)19(26-18)21(29)25-16-10-6-14(23)7-11-16/h1-12H,(H,24,28)(H,25,29). The van der Waals surface area contributed by atoms with E-state index in [0.717, 1.165) is 0 Å². The second kappa shape index (κ2) is 7.51. The van der Waals surface area contributed by atoms with Gasteiger partial charge in [-0.1, -0.05) is 6.07 Å². The number of nitrogens with zero attached hydrogens (tertiary/aromatic N) is 2. The molecule has 2 amide bonds. The Bertz CT molecular complexity index is 1110. The van der Waals surface area contributed by atoms with Crippen molar-refractivity contribution in [3.63, 3.8) is 0 Å². The molecule has 2 N–H and O–H groups in total. The predicted octanol–water partition coefficient (Wildman–Crippen LogP) is 4.12. The first-order valence-electron chi connectivity index (χ1n) is 8.62. The molecule has 0 saturated carbocycles. The van der Waals surface area contributed by atoms with Crippen molar-refractivity contribution >= 4 is 28.7 Å². The number of anilines is 2. The van der Waals surface area contributed by atoms with Crippen LogP contribution in [0.3, 0.4) is 0 Å². The van der Waals surface area contributed by atoms with E-state index in [0.29, 0.717) is 16.9 Å². The van der Waals surface area contributed by atoms with Crippen LogP contribution in [0, 0.1) is 11.6 Å². The highest BCUT2D eigenvalue weighted by Crippen LogP contribution is 2.18. The van der Waals surface area contributed by atoms with Gasteiger partial charge in [0.15, 0.2) is 5.69 Å². The van der Waals surface area contributed by atoms with Crippen molar-refractivity contribution in [3.05, 3.63) is 96.1 Å². The van der Waals surface area contributed by atoms with E-state index >= 15 is 0 Å². The number of nitrogens with one attached hydrogen (secondary N) is 2. The summed E-state index contributed by atoms with van der Waals surface area (Å²) in [5, 5.41) is 5.25. The molecule has 29 heavy (non-hydrogen) atoms. The van der Waals surface area contributed by atoms with Gasteiger partial charge in [-0.05, 0) is 60.7 Å². The largest absolute Gasteiger partial charge is 0.321 e. The molecule has 2 aromatic heterocycles. The molecule has 4 aromatic rings. The van der Waals surface area contributed by atoms with Gasteiger partial charge in [0.25, 0.3) is 11.8 Å². The number of fused-ring (bicyclic) bond motifs is 1. The molecule has 0 saturated heterocycles. The highest BCUT2D eigenvalue weighted by molar-refractivity contribution is 6.10. The number of carbonyl (C=O) groups excluding carboxylic acids is 2. The Labute approximate surface area is 163 Å². The van der Waals surface area contributed by atoms with E-state index in [-0.39, 0.29) is 11.5 Å². The third-order valence-electron chi connectivity index (χ3n) is 4.17. The molecule has 0 aliphatic rings. The van der Waals surface area contributed by atoms with Crippen LogP contribution in [0.1, 0.15) is 21.1 Å². The van der Waals surface area contributed by atoms with Crippen molar-refractivity contribution in [3.8, 4) is 0 Å². The van der Waals surface area contributed by atoms with Crippen LogP contribution in [0.15, 0.2) is 72.9 Å². The van der Waals surface area contributed by atoms with Crippen molar-refractivity contribution in [1.29, 1.82) is 0 Å². The van der Waals surface area contributed by atoms with Gasteiger partial charge in [-0.2, -0.15) is 0 Å². The lowest BCUT2D eigenvalue weighted by Crippen LogP contribution is -2.16. The second-order valence-electron chi connectivity index (χ2n) is 6.16. The third kappa shape index (κ3) is 3.81. The van der Waals surface area contributed by atoms with E-state index in [1.54, 1.807) is 24.4 Å². The lowest BCUT2D eigenvalue weighted by Gasteiger charge is -2.04. The number of halogens is 2. The Hall–Kier alpha value is -4.07. The quantitative estimate of drug-likeness (QED) is 0.549. The number of hydrogen-bond acceptors (Lipinski definition) is 3. The van der Waals surface area contributed by atoms with E-state index < -0.39 is 23.4 Å². The van der Waals surface area contributed by atoms with Gasteiger partial charge in [-0.3, -0.25) is 14.0 Å². The molecule has 0 bridgehead atoms. The Morgan fingerprint density at radius 2 is 1.31 bits per heavy atom. The number of rotatable bonds is 4. The normalized spacial score (nSPS) is 10.7. The average Bonchev–Trinajstić information content (AvgIpc) is 3.11. The van der Waals surface area contributed by atoms with Crippen molar-refractivity contribution in [2.45, 2.75) is 0 Å². The summed E-state index contributed by atoms with van der Waals surface area (Å²) in [5.41, 5.74) is 1.25. The zero-order chi connectivity index (χ0) is 20.4. The minimum absolute atomic E-state index is 0.00539. The molecule has 0 radical (unpaired) electrons. The van der Waals surface area contributed by atoms with Crippen LogP contribution in [0.2, 0.25) is 0 Å². The fourth-order valence-electron chi connectivity index (χ4n) is 2.81. The summed E-state index contributed by atoms with van der Waals surface area (Å²) >= 11 is 0. The minimum Gasteiger partial charge on any atom is -0.321 e. The van der Waals surface area contributed by atoms with Crippen LogP contribution >= 0.6 is 0 Å². The highest BCUT2D eigenvalue weighted by Gasteiger charge is 2.21. The summed E-state index contributed by atoms with van der Waals surface area (Å²) in [7, 11) is 0. The molecule has 0 spiro atoms. The number of hydrogen-bond donors (Lipinski definition) is 2. The molecule has 0 atom stereocenters. The first kappa shape index (κ1) is 18.3. The molecule has 0 unspecified atom stereocenters. The van der Waals surface area contributed by atoms with Gasteiger partial charge in [-0.15, -0.1) is 0 Å². The van der Waals surface area contributed by atoms with Crippen molar-refractivity contribution in [2.75, 3.05) is 10.6 Å². The van der Waals surface area contributed by atoms with E-state index in [9.17, 15) is 18.4 Å². The zero-order valence-electron chi connectivity index (χ0n) is 14.9. The van der Waals surface area contributed by atoms with Crippen LogP contribution in [0.25, 0.3) is 5.52 Å². The minimum atomic E-state index is -0.557. The van der Waals surface area contributed by atoms with Crippen LogP contribution in [-0.2, 0) is 0 Å². The van der Waals surface area contributed by atoms with E-state index in [1.165, 1.54) is 52.9 Å². The molecular weight excluding hydrogens is 378 g/mol. The summed E-state index contributed by atoms with van der Waals surface area (Å²) in [5.74, 6) is -1.95. The molecular formula is C21H14F2N4O2. The molecule has 2 heterocycles. The van der Waals surface area contributed by atoms with E-state index in [2.05, 4.69) is 15.6 Å². The van der Waals surface area contributed by atoms with Crippen LogP contribution in [0.4, 0.5) is 20.2 Å². The number of amides is 2. The summed E-state index contributed by atoms with van der Waals surface area (Å²) in [6, 6.07) is 15.7. The van der Waals surface area contributed by atoms with Crippen LogP contribution in [0.5, 0.6) is 0 Å². The summed E-state index contributed by atoms with van der Waals surface area (Å²) < 4.78 is 27.6. The Kier molecular flexibility index (Phi) is 4.74. The monoisotopic (exact) mass is 392 g/mol. The third-order valence-corrected chi connectivity index (χ3v) is 4.17. The van der Waals surface area contributed by atoms with Crippen molar-refractivity contribution < 1.29 is 18.4 Å². The number of aromatic nitrogens is 2. The summed E-state index contributed by atoms with van der Waals surface area (Å²) in [6.07, 6.45) is 1.61. The molecule has 0 fully saturated rings. The van der Waals surface area contributed by atoms with Crippen molar-refractivity contribution in [2.24, 2.45) is 0 Å². The van der Waals surface area contributed by atoms with Crippen LogP contribution in [-0.4, -0.2) is 21.2 Å². The molecule has 4 rings (SSSR count). The smallest absolute Gasteiger partial charge is 0.292 e. The topological polar surface area (TPSA) is 75.5 Å². The van der Waals surface area contributed by atoms with Gasteiger partial charge in [-0.25, -0.2) is 13.8 Å². The average molecular weight is 392 g/mol. The van der Waals surface area contributed by atoms with E-state index in [1.807, 2.05) is 0 Å². The first-order chi connectivity index (χ1) is 14.0. The highest BCUT2D eigenvalue weighted by atomic mass is 19.1. The maximum absolute atomic E-state index is 13.1. The second-order valence-corrected chi connectivity index (χ2v) is 6.16. The zero-order valence-corrected chi connectivity index (χ0v) is 14.9. The van der Waals surface area contributed by atoms with Gasteiger partial charge in [0, 0.05) is 17.6 Å². The SMILES string of the molecule is O=C(Nc1ccc(F)cc1)c1nc(C(=O)Nc2ccc(F)cc2)n2ccccc12. The maximum Gasteiger partial charge on any atom is 0.292 e. The van der Waals surface area contributed by atoms with Gasteiger partial charge < -0.3 is 10.6 Å². The van der Waals surface area contributed by atoms with Gasteiger partial charge in [0.1, 0.15) is 11.6 Å². The molecule has 144 valence electrons. The van der Waals surface area contributed by atoms with Gasteiger partial charge >= 0.3 is 0 Å². The lowest BCUT2D eigenvalue weighted by molar-refractivity contribution is 0.101. The molecule has 0 aliphatic heterocycles. The molecule has 8 heteroatoms. The molecule has 2 aromatic carbocycles. The number of benzene rings is 2. The van der Waals surface area contributed by atoms with Crippen molar-refractivity contribution in [1.82, 2.24) is 9.38 Å². The first-order valence-corrected chi connectivity index (χ1v) is 8.62.